The number of thiophene rings is 1. The van der Waals surface area contributed by atoms with E-state index in [0.717, 1.165) is 18.4 Å². The van der Waals surface area contributed by atoms with Crippen LogP contribution >= 0.6 is 34.5 Å². The van der Waals surface area contributed by atoms with Crippen molar-refractivity contribution in [3.8, 4) is 0 Å². The van der Waals surface area contributed by atoms with Crippen LogP contribution in [-0.2, 0) is 16.0 Å². The number of carboxylic acids is 1. The van der Waals surface area contributed by atoms with Gasteiger partial charge in [0.15, 0.2) is 0 Å². The molecule has 0 unspecified atom stereocenters. The number of amides is 1. The molecule has 2 rings (SSSR count). The van der Waals surface area contributed by atoms with E-state index in [1.54, 1.807) is 0 Å². The number of carbonyl (C=O) groups excluding carboxylic acids is 1. The Morgan fingerprint density at radius 2 is 2.14 bits per heavy atom. The molecule has 1 aromatic heterocycles. The summed E-state index contributed by atoms with van der Waals surface area (Å²) in [6.45, 7) is 0. The first-order valence-electron chi connectivity index (χ1n) is 6.91. The zero-order valence-corrected chi connectivity index (χ0v) is 13.7. The number of nitrogens with one attached hydrogen (secondary N) is 1. The van der Waals surface area contributed by atoms with E-state index in [2.05, 4.69) is 5.32 Å². The molecule has 0 bridgehead atoms. The number of rotatable bonds is 6. The molecule has 1 saturated carbocycles. The summed E-state index contributed by atoms with van der Waals surface area (Å²) >= 11 is 13.2. The van der Waals surface area contributed by atoms with Crippen LogP contribution in [0.15, 0.2) is 6.07 Å². The van der Waals surface area contributed by atoms with Gasteiger partial charge in [-0.05, 0) is 43.7 Å². The fourth-order valence-electron chi connectivity index (χ4n) is 2.62. The van der Waals surface area contributed by atoms with Crippen LogP contribution in [0.25, 0.3) is 0 Å². The predicted molar refractivity (Wildman–Crippen MR) is 84.2 cm³/mol. The number of aliphatic carboxylic acids is 1. The lowest BCUT2D eigenvalue weighted by atomic mass is 10.1. The number of hydrogen-bond acceptors (Lipinski definition) is 3. The molecule has 1 heterocycles. The molecule has 4 nitrogen and oxygen atoms in total. The lowest BCUT2D eigenvalue weighted by Gasteiger charge is -2.12. The van der Waals surface area contributed by atoms with Gasteiger partial charge in [0.25, 0.3) is 0 Å². The fraction of sp³-hybridized carbons (Fsp3) is 0.571. The highest BCUT2D eigenvalue weighted by molar-refractivity contribution is 7.20. The van der Waals surface area contributed by atoms with Gasteiger partial charge >= 0.3 is 5.97 Å². The number of carbonyl (C=O) groups is 2. The minimum Gasteiger partial charge on any atom is -0.481 e. The topological polar surface area (TPSA) is 66.4 Å². The van der Waals surface area contributed by atoms with Gasteiger partial charge < -0.3 is 10.4 Å². The van der Waals surface area contributed by atoms with Gasteiger partial charge in [0, 0.05) is 12.5 Å². The molecule has 0 aromatic carbocycles. The minimum absolute atomic E-state index is 0.00206. The zero-order valence-electron chi connectivity index (χ0n) is 11.4. The molecule has 7 heteroatoms. The van der Waals surface area contributed by atoms with Crippen LogP contribution in [0.4, 0.5) is 0 Å². The van der Waals surface area contributed by atoms with E-state index in [1.807, 2.05) is 6.07 Å². The summed E-state index contributed by atoms with van der Waals surface area (Å²) in [7, 11) is 0. The summed E-state index contributed by atoms with van der Waals surface area (Å²) in [4.78, 5) is 22.7. The Hall–Kier alpha value is -0.780. The van der Waals surface area contributed by atoms with Gasteiger partial charge in [0.05, 0.1) is 14.6 Å². The van der Waals surface area contributed by atoms with Crippen molar-refractivity contribution in [1.29, 1.82) is 0 Å². The Bertz CT molecular complexity index is 532. The molecular formula is C14H17Cl2NO3S. The molecule has 0 radical (unpaired) electrons. The Morgan fingerprint density at radius 1 is 1.38 bits per heavy atom. The predicted octanol–water partition coefficient (Wildman–Crippen LogP) is 3.75. The smallest absolute Gasteiger partial charge is 0.306 e. The summed E-state index contributed by atoms with van der Waals surface area (Å²) in [5, 5.41) is 11.8. The SMILES string of the molecule is O=C(CCCc1cc(Cl)sc1Cl)N[C@@H]1CC[C@H](C(=O)O)C1. The van der Waals surface area contributed by atoms with Crippen LogP contribution in [0.1, 0.15) is 37.7 Å². The van der Waals surface area contributed by atoms with Crippen molar-refractivity contribution >= 4 is 46.4 Å². The molecule has 0 aliphatic heterocycles. The first-order valence-corrected chi connectivity index (χ1v) is 8.49. The second kappa shape index (κ2) is 7.47. The molecule has 21 heavy (non-hydrogen) atoms. The molecular weight excluding hydrogens is 333 g/mol. The molecule has 1 aliphatic carbocycles. The molecule has 0 spiro atoms. The van der Waals surface area contributed by atoms with Gasteiger partial charge in [-0.25, -0.2) is 0 Å². The Morgan fingerprint density at radius 3 is 2.71 bits per heavy atom. The van der Waals surface area contributed by atoms with Crippen LogP contribution in [-0.4, -0.2) is 23.0 Å². The maximum Gasteiger partial charge on any atom is 0.306 e. The van der Waals surface area contributed by atoms with E-state index in [-0.39, 0.29) is 17.9 Å². The van der Waals surface area contributed by atoms with Gasteiger partial charge in [-0.2, -0.15) is 0 Å². The van der Waals surface area contributed by atoms with Crippen molar-refractivity contribution in [3.63, 3.8) is 0 Å². The van der Waals surface area contributed by atoms with Gasteiger partial charge in [-0.1, -0.05) is 23.2 Å². The standard InChI is InChI=1S/C14H17Cl2NO3S/c15-11-7-8(13(16)21-11)2-1-3-12(18)17-10-5-4-9(6-10)14(19)20/h7,9-10H,1-6H2,(H,17,18)(H,19,20)/t9-,10+/m0/s1. The maximum absolute atomic E-state index is 11.8. The third-order valence-corrected chi connectivity index (χ3v) is 5.29. The third kappa shape index (κ3) is 4.87. The van der Waals surface area contributed by atoms with Gasteiger partial charge in [0.2, 0.25) is 5.91 Å². The Kier molecular flexibility index (Phi) is 5.90. The van der Waals surface area contributed by atoms with Crippen molar-refractivity contribution < 1.29 is 14.7 Å². The normalized spacial score (nSPS) is 21.4. The average Bonchev–Trinajstić information content (AvgIpc) is 2.97. The summed E-state index contributed by atoms with van der Waals surface area (Å²) in [6.07, 6.45) is 3.76. The van der Waals surface area contributed by atoms with Crippen LogP contribution in [0.5, 0.6) is 0 Å². The van der Waals surface area contributed by atoms with E-state index in [9.17, 15) is 9.59 Å². The van der Waals surface area contributed by atoms with E-state index >= 15 is 0 Å². The maximum atomic E-state index is 11.8. The van der Waals surface area contributed by atoms with E-state index < -0.39 is 5.97 Å². The van der Waals surface area contributed by atoms with Crippen LogP contribution in [0.3, 0.4) is 0 Å². The lowest BCUT2D eigenvalue weighted by molar-refractivity contribution is -0.141. The molecule has 2 N–H and O–H groups in total. The molecule has 1 amide bonds. The Balaban J connectivity index is 1.69. The second-order valence-electron chi connectivity index (χ2n) is 5.32. The quantitative estimate of drug-likeness (QED) is 0.821. The first-order chi connectivity index (χ1) is 9.95. The van der Waals surface area contributed by atoms with Crippen molar-refractivity contribution in [3.05, 3.63) is 20.3 Å². The molecule has 2 atom stereocenters. The molecule has 1 aromatic rings. The third-order valence-electron chi connectivity index (χ3n) is 3.72. The fourth-order valence-corrected chi connectivity index (χ4v) is 4.17. The molecule has 1 fully saturated rings. The van der Waals surface area contributed by atoms with Gasteiger partial charge in [-0.3, -0.25) is 9.59 Å². The highest BCUT2D eigenvalue weighted by Crippen LogP contribution is 2.32. The van der Waals surface area contributed by atoms with E-state index in [4.69, 9.17) is 28.3 Å². The number of aryl methyl sites for hydroxylation is 1. The average molecular weight is 350 g/mol. The van der Waals surface area contributed by atoms with E-state index in [0.29, 0.717) is 34.4 Å². The van der Waals surface area contributed by atoms with Crippen molar-refractivity contribution in [2.45, 2.75) is 44.6 Å². The number of hydrogen-bond donors (Lipinski definition) is 2. The molecule has 1 aliphatic rings. The van der Waals surface area contributed by atoms with Crippen LogP contribution in [0.2, 0.25) is 8.67 Å². The second-order valence-corrected chi connectivity index (χ2v) is 7.60. The van der Waals surface area contributed by atoms with Gasteiger partial charge in [-0.15, -0.1) is 11.3 Å². The van der Waals surface area contributed by atoms with E-state index in [1.165, 1.54) is 11.3 Å². The van der Waals surface area contributed by atoms with Crippen LogP contribution < -0.4 is 5.32 Å². The van der Waals surface area contributed by atoms with Crippen LogP contribution in [0, 0.1) is 5.92 Å². The summed E-state index contributed by atoms with van der Waals surface area (Å²) in [6, 6.07) is 1.83. The Labute approximate surface area is 137 Å². The zero-order chi connectivity index (χ0) is 15.4. The van der Waals surface area contributed by atoms with Gasteiger partial charge in [0.1, 0.15) is 0 Å². The number of carboxylic acid groups (broad SMARTS) is 1. The van der Waals surface area contributed by atoms with Crippen molar-refractivity contribution in [1.82, 2.24) is 5.32 Å². The first kappa shape index (κ1) is 16.6. The largest absolute Gasteiger partial charge is 0.481 e. The summed E-state index contributed by atoms with van der Waals surface area (Å²) in [5.74, 6) is -1.11. The summed E-state index contributed by atoms with van der Waals surface area (Å²) in [5.41, 5.74) is 0.978. The highest BCUT2D eigenvalue weighted by Gasteiger charge is 2.30. The lowest BCUT2D eigenvalue weighted by Crippen LogP contribution is -2.33. The van der Waals surface area contributed by atoms with Crippen molar-refractivity contribution in [2.75, 3.05) is 0 Å². The minimum atomic E-state index is -0.768. The monoisotopic (exact) mass is 349 g/mol. The number of halogens is 2. The molecule has 0 saturated heterocycles. The highest BCUT2D eigenvalue weighted by atomic mass is 35.5. The molecule has 116 valence electrons. The van der Waals surface area contributed by atoms with Crippen molar-refractivity contribution in [2.24, 2.45) is 5.92 Å². The summed E-state index contributed by atoms with van der Waals surface area (Å²) < 4.78 is 1.34.